The second kappa shape index (κ2) is 5.28. The van der Waals surface area contributed by atoms with E-state index in [9.17, 15) is 13.5 Å². The fourth-order valence-corrected chi connectivity index (χ4v) is 4.74. The van der Waals surface area contributed by atoms with Crippen molar-refractivity contribution in [2.75, 3.05) is 19.7 Å². The first-order valence-electron chi connectivity index (χ1n) is 6.24. The van der Waals surface area contributed by atoms with Crippen LogP contribution in [0.25, 0.3) is 0 Å². The first-order chi connectivity index (χ1) is 9.63. The number of sulfonamides is 1. The van der Waals surface area contributed by atoms with E-state index in [4.69, 9.17) is 0 Å². The molecule has 0 bridgehead atoms. The smallest absolute Gasteiger partial charge is 0.260 e. The normalized spacial score (nSPS) is 24.2. The van der Waals surface area contributed by atoms with E-state index in [2.05, 4.69) is 9.97 Å². The Hall–Kier alpha value is -1.22. The van der Waals surface area contributed by atoms with E-state index in [1.165, 1.54) is 16.8 Å². The highest BCUT2D eigenvalue weighted by Gasteiger charge is 2.40. The van der Waals surface area contributed by atoms with Crippen molar-refractivity contribution in [3.8, 4) is 0 Å². The largest absolute Gasteiger partial charge is 0.396 e. The van der Waals surface area contributed by atoms with E-state index in [0.717, 1.165) is 5.56 Å². The summed E-state index contributed by atoms with van der Waals surface area (Å²) in [7, 11) is -3.55. The summed E-state index contributed by atoms with van der Waals surface area (Å²) in [5.41, 5.74) is 1.09. The van der Waals surface area contributed by atoms with Gasteiger partial charge in [0.1, 0.15) is 0 Å². The zero-order valence-corrected chi connectivity index (χ0v) is 12.3. The van der Waals surface area contributed by atoms with Crippen LogP contribution in [-0.2, 0) is 10.0 Å². The van der Waals surface area contributed by atoms with E-state index in [1.807, 2.05) is 16.8 Å². The number of nitrogens with zero attached hydrogens (tertiary/aromatic N) is 2. The molecular weight excluding hydrogens is 298 g/mol. The van der Waals surface area contributed by atoms with Crippen LogP contribution in [-0.4, -0.2) is 47.5 Å². The van der Waals surface area contributed by atoms with E-state index in [-0.39, 0.29) is 23.5 Å². The summed E-state index contributed by atoms with van der Waals surface area (Å²) in [6.45, 7) is 0.706. The van der Waals surface area contributed by atoms with Gasteiger partial charge in [0.05, 0.1) is 12.5 Å². The quantitative estimate of drug-likeness (QED) is 0.877. The molecule has 2 N–H and O–H groups in total. The first kappa shape index (κ1) is 13.7. The lowest BCUT2D eigenvalue weighted by molar-refractivity contribution is 0.223. The van der Waals surface area contributed by atoms with Gasteiger partial charge in [0.2, 0.25) is 0 Å². The Kier molecular flexibility index (Phi) is 3.63. The second-order valence-electron chi connectivity index (χ2n) is 4.84. The van der Waals surface area contributed by atoms with Gasteiger partial charge in [-0.1, -0.05) is 0 Å². The molecule has 0 aromatic carbocycles. The standard InChI is InChI=1S/C12H15N3O3S2/c16-6-10-4-15(5-11(10)9-1-2-19-7-9)20(17,18)12-3-13-8-14-12/h1-3,7-8,10-11,16H,4-6H2,(H,13,14)/t10-,11+/m1/s1. The Bertz CT molecular complexity index is 652. The lowest BCUT2D eigenvalue weighted by atomic mass is 9.92. The van der Waals surface area contributed by atoms with Gasteiger partial charge in [-0.2, -0.15) is 15.6 Å². The van der Waals surface area contributed by atoms with Crippen molar-refractivity contribution in [2.45, 2.75) is 10.9 Å². The Balaban J connectivity index is 1.87. The fraction of sp³-hybridized carbons (Fsp3) is 0.417. The van der Waals surface area contributed by atoms with E-state index < -0.39 is 10.0 Å². The third kappa shape index (κ3) is 2.28. The number of imidazole rings is 1. The highest BCUT2D eigenvalue weighted by atomic mass is 32.2. The minimum absolute atomic E-state index is 0.0183. The van der Waals surface area contributed by atoms with Gasteiger partial charge < -0.3 is 10.1 Å². The van der Waals surface area contributed by atoms with Gasteiger partial charge in [0.25, 0.3) is 10.0 Å². The third-order valence-electron chi connectivity index (χ3n) is 3.70. The van der Waals surface area contributed by atoms with Crippen LogP contribution in [0.2, 0.25) is 0 Å². The molecule has 0 aliphatic carbocycles. The van der Waals surface area contributed by atoms with Gasteiger partial charge in [-0.15, -0.1) is 0 Å². The van der Waals surface area contributed by atoms with Gasteiger partial charge in [-0.25, -0.2) is 13.4 Å². The molecule has 0 saturated carbocycles. The number of aromatic nitrogens is 2. The van der Waals surface area contributed by atoms with Crippen molar-refractivity contribution in [1.82, 2.24) is 14.3 Å². The monoisotopic (exact) mass is 313 g/mol. The summed E-state index contributed by atoms with van der Waals surface area (Å²) in [6.07, 6.45) is 2.66. The van der Waals surface area contributed by atoms with Gasteiger partial charge in [0.15, 0.2) is 5.03 Å². The lowest BCUT2D eigenvalue weighted by Crippen LogP contribution is -2.29. The van der Waals surface area contributed by atoms with Crippen molar-refractivity contribution >= 4 is 21.4 Å². The molecule has 2 atom stereocenters. The summed E-state index contributed by atoms with van der Waals surface area (Å²) in [5.74, 6) is -0.0220. The minimum atomic E-state index is -3.55. The lowest BCUT2D eigenvalue weighted by Gasteiger charge is -2.14. The molecule has 6 nitrogen and oxygen atoms in total. The highest BCUT2D eigenvalue weighted by molar-refractivity contribution is 7.89. The summed E-state index contributed by atoms with van der Waals surface area (Å²) >= 11 is 1.58. The van der Waals surface area contributed by atoms with E-state index in [0.29, 0.717) is 13.1 Å². The molecule has 0 unspecified atom stereocenters. The molecule has 1 saturated heterocycles. The minimum Gasteiger partial charge on any atom is -0.396 e. The molecule has 108 valence electrons. The molecule has 1 fully saturated rings. The average molecular weight is 313 g/mol. The zero-order valence-electron chi connectivity index (χ0n) is 10.6. The number of rotatable bonds is 4. The van der Waals surface area contributed by atoms with Crippen LogP contribution >= 0.6 is 11.3 Å². The number of hydrogen-bond acceptors (Lipinski definition) is 5. The SMILES string of the molecule is O=S(=O)(c1cnc[nH]1)N1C[C@H](CO)[C@H](c2ccsc2)C1. The topological polar surface area (TPSA) is 86.3 Å². The second-order valence-corrected chi connectivity index (χ2v) is 7.53. The molecule has 0 spiro atoms. The summed E-state index contributed by atoms with van der Waals surface area (Å²) in [4.78, 5) is 6.39. The predicted molar refractivity (Wildman–Crippen MR) is 75.0 cm³/mol. The van der Waals surface area contributed by atoms with Crippen LogP contribution in [0.3, 0.4) is 0 Å². The molecule has 3 heterocycles. The molecule has 3 rings (SSSR count). The molecule has 8 heteroatoms. The average Bonchev–Trinajstić information content (AvgIpc) is 3.18. The zero-order chi connectivity index (χ0) is 14.2. The molecule has 1 aliphatic rings. The fourth-order valence-electron chi connectivity index (χ4n) is 2.60. The van der Waals surface area contributed by atoms with Crippen molar-refractivity contribution in [2.24, 2.45) is 5.92 Å². The maximum absolute atomic E-state index is 12.4. The van der Waals surface area contributed by atoms with E-state index in [1.54, 1.807) is 11.3 Å². The summed E-state index contributed by atoms with van der Waals surface area (Å²) in [5, 5.41) is 13.6. The van der Waals surface area contributed by atoms with Crippen LogP contribution < -0.4 is 0 Å². The number of nitrogens with one attached hydrogen (secondary N) is 1. The predicted octanol–water partition coefficient (Wildman–Crippen LogP) is 0.868. The van der Waals surface area contributed by atoms with Crippen LogP contribution in [0.1, 0.15) is 11.5 Å². The number of aliphatic hydroxyl groups excluding tert-OH is 1. The molecular formula is C12H15N3O3S2. The first-order valence-corrected chi connectivity index (χ1v) is 8.62. The molecule has 2 aromatic heterocycles. The van der Waals surface area contributed by atoms with Crippen molar-refractivity contribution in [3.63, 3.8) is 0 Å². The van der Waals surface area contributed by atoms with Gasteiger partial charge in [-0.3, -0.25) is 0 Å². The van der Waals surface area contributed by atoms with Crippen molar-refractivity contribution < 1.29 is 13.5 Å². The van der Waals surface area contributed by atoms with Crippen LogP contribution in [0.15, 0.2) is 34.4 Å². The number of thiophene rings is 1. The molecule has 0 radical (unpaired) electrons. The van der Waals surface area contributed by atoms with Gasteiger partial charge >= 0.3 is 0 Å². The number of aliphatic hydroxyl groups is 1. The van der Waals surface area contributed by atoms with Crippen LogP contribution in [0.4, 0.5) is 0 Å². The molecule has 20 heavy (non-hydrogen) atoms. The van der Waals surface area contributed by atoms with Crippen LogP contribution in [0, 0.1) is 5.92 Å². The van der Waals surface area contributed by atoms with Gasteiger partial charge in [-0.05, 0) is 22.4 Å². The molecule has 0 amide bonds. The number of hydrogen-bond donors (Lipinski definition) is 2. The Morgan fingerprint density at radius 2 is 2.35 bits per heavy atom. The van der Waals surface area contributed by atoms with Crippen molar-refractivity contribution in [3.05, 3.63) is 34.9 Å². The third-order valence-corrected chi connectivity index (χ3v) is 6.16. The van der Waals surface area contributed by atoms with Crippen molar-refractivity contribution in [1.29, 1.82) is 0 Å². The molecule has 1 aliphatic heterocycles. The number of aromatic amines is 1. The van der Waals surface area contributed by atoms with Crippen LogP contribution in [0.5, 0.6) is 0 Å². The van der Waals surface area contributed by atoms with E-state index >= 15 is 0 Å². The summed E-state index contributed by atoms with van der Waals surface area (Å²) in [6, 6.07) is 1.99. The maximum atomic E-state index is 12.4. The Morgan fingerprint density at radius 3 is 2.95 bits per heavy atom. The number of H-pyrrole nitrogens is 1. The Morgan fingerprint density at radius 1 is 1.50 bits per heavy atom. The van der Waals surface area contributed by atoms with Gasteiger partial charge in [0, 0.05) is 31.5 Å². The molecule has 2 aromatic rings. The summed E-state index contributed by atoms with van der Waals surface area (Å²) < 4.78 is 26.3. The highest BCUT2D eigenvalue weighted by Crippen LogP contribution is 2.35. The Labute approximate surface area is 121 Å². The maximum Gasteiger partial charge on any atom is 0.260 e.